The van der Waals surface area contributed by atoms with Crippen LogP contribution in [0.4, 0.5) is 10.1 Å². The first-order valence-electron chi connectivity index (χ1n) is 10.3. The number of unbranched alkanes of at least 4 members (excludes halogenated alkanes) is 3. The lowest BCUT2D eigenvalue weighted by molar-refractivity contribution is -0.138. The van der Waals surface area contributed by atoms with Gasteiger partial charge >= 0.3 is 5.97 Å². The van der Waals surface area contributed by atoms with Crippen molar-refractivity contribution in [2.45, 2.75) is 62.9 Å². The fraction of sp³-hybridized carbons (Fsp3) is 0.571. The van der Waals surface area contributed by atoms with E-state index >= 15 is 0 Å². The van der Waals surface area contributed by atoms with E-state index in [2.05, 4.69) is 11.6 Å². The highest BCUT2D eigenvalue weighted by Crippen LogP contribution is 2.37. The predicted molar refractivity (Wildman–Crippen MR) is 110 cm³/mol. The van der Waals surface area contributed by atoms with Gasteiger partial charge in [-0.2, -0.15) is 0 Å². The molecule has 1 aromatic carbocycles. The first-order chi connectivity index (χ1) is 14.3. The molecule has 3 rings (SSSR count). The van der Waals surface area contributed by atoms with Crippen LogP contribution in [0.3, 0.4) is 0 Å². The zero-order valence-corrected chi connectivity index (χ0v) is 17.8. The summed E-state index contributed by atoms with van der Waals surface area (Å²) >= 11 is 0. The summed E-state index contributed by atoms with van der Waals surface area (Å²) in [7, 11) is -4.08. The molecule has 1 atom stereocenters. The van der Waals surface area contributed by atoms with Gasteiger partial charge < -0.3 is 14.6 Å². The SMILES string of the molecule is CCCCCCc1cc(F)ccc1NS(=O)(=O)C1CCC2(C=C1C(=O)O)OCCO2. The lowest BCUT2D eigenvalue weighted by Gasteiger charge is -2.32. The van der Waals surface area contributed by atoms with Crippen LogP contribution >= 0.6 is 0 Å². The number of rotatable bonds is 9. The average Bonchev–Trinajstić information content (AvgIpc) is 3.14. The number of nitrogens with one attached hydrogen (secondary N) is 1. The summed E-state index contributed by atoms with van der Waals surface area (Å²) in [5.41, 5.74) is 0.568. The molecule has 0 aromatic heterocycles. The quantitative estimate of drug-likeness (QED) is 0.568. The van der Waals surface area contributed by atoms with Crippen molar-refractivity contribution in [2.24, 2.45) is 0 Å². The number of anilines is 1. The monoisotopic (exact) mass is 441 g/mol. The van der Waals surface area contributed by atoms with Crippen molar-refractivity contribution in [1.29, 1.82) is 0 Å². The Bertz CT molecular complexity index is 908. The molecule has 2 aliphatic rings. The zero-order chi connectivity index (χ0) is 21.8. The standard InChI is InChI=1S/C21H28FNO6S/c1-2-3-4-5-6-15-13-16(22)7-8-18(15)23-30(26,27)19-9-10-21(28-11-12-29-21)14-17(19)20(24)25/h7-8,13-14,19,23H,2-6,9-12H2,1H3,(H,24,25). The first-order valence-corrected chi connectivity index (χ1v) is 11.8. The summed E-state index contributed by atoms with van der Waals surface area (Å²) in [5, 5.41) is 8.36. The van der Waals surface area contributed by atoms with E-state index < -0.39 is 32.8 Å². The van der Waals surface area contributed by atoms with Crippen LogP contribution in [0, 0.1) is 5.82 Å². The lowest BCUT2D eigenvalue weighted by Crippen LogP contribution is -2.42. The Labute approximate surface area is 176 Å². The van der Waals surface area contributed by atoms with Crippen molar-refractivity contribution in [1.82, 2.24) is 0 Å². The molecule has 1 fully saturated rings. The van der Waals surface area contributed by atoms with Crippen LogP contribution in [-0.4, -0.2) is 43.7 Å². The highest BCUT2D eigenvalue weighted by molar-refractivity contribution is 7.93. The van der Waals surface area contributed by atoms with Crippen molar-refractivity contribution in [3.05, 3.63) is 41.2 Å². The maximum Gasteiger partial charge on any atom is 0.332 e. The molecule has 0 radical (unpaired) electrons. The Morgan fingerprint density at radius 1 is 1.27 bits per heavy atom. The van der Waals surface area contributed by atoms with Gasteiger partial charge in [-0.25, -0.2) is 17.6 Å². The maximum absolute atomic E-state index is 13.8. The number of carboxylic acids is 1. The van der Waals surface area contributed by atoms with E-state index in [1.807, 2.05) is 0 Å². The van der Waals surface area contributed by atoms with Crippen LogP contribution in [0.2, 0.25) is 0 Å². The molecule has 7 nitrogen and oxygen atoms in total. The number of carboxylic acid groups (broad SMARTS) is 1. The fourth-order valence-corrected chi connectivity index (χ4v) is 5.52. The molecule has 2 N–H and O–H groups in total. The second-order valence-electron chi connectivity index (χ2n) is 7.70. The topological polar surface area (TPSA) is 102 Å². The fourth-order valence-electron chi connectivity index (χ4n) is 3.95. The van der Waals surface area contributed by atoms with E-state index in [4.69, 9.17) is 9.47 Å². The highest BCUT2D eigenvalue weighted by atomic mass is 32.2. The number of aliphatic carboxylic acids is 1. The molecule has 1 saturated heterocycles. The lowest BCUT2D eigenvalue weighted by atomic mass is 9.94. The summed E-state index contributed by atoms with van der Waals surface area (Å²) in [6, 6.07) is 3.91. The summed E-state index contributed by atoms with van der Waals surface area (Å²) in [6.07, 6.45) is 5.98. The summed E-state index contributed by atoms with van der Waals surface area (Å²) in [5.74, 6) is -2.94. The molecule has 0 amide bonds. The number of carbonyl (C=O) groups is 1. The highest BCUT2D eigenvalue weighted by Gasteiger charge is 2.45. The second-order valence-corrected chi connectivity index (χ2v) is 9.56. The van der Waals surface area contributed by atoms with Gasteiger partial charge in [-0.15, -0.1) is 0 Å². The van der Waals surface area contributed by atoms with E-state index in [-0.39, 0.29) is 24.1 Å². The largest absolute Gasteiger partial charge is 0.478 e. The van der Waals surface area contributed by atoms with Gasteiger partial charge in [0.2, 0.25) is 10.0 Å². The van der Waals surface area contributed by atoms with Crippen molar-refractivity contribution in [3.63, 3.8) is 0 Å². The molecule has 1 heterocycles. The minimum atomic E-state index is -4.08. The minimum Gasteiger partial charge on any atom is -0.478 e. The number of aryl methyl sites for hydroxylation is 1. The third-order valence-electron chi connectivity index (χ3n) is 5.49. The van der Waals surface area contributed by atoms with Crippen LogP contribution in [0.25, 0.3) is 0 Å². The van der Waals surface area contributed by atoms with E-state index in [1.165, 1.54) is 24.3 Å². The minimum absolute atomic E-state index is 0.0422. The van der Waals surface area contributed by atoms with Crippen LogP contribution in [0.15, 0.2) is 29.8 Å². The molecular formula is C21H28FNO6S. The van der Waals surface area contributed by atoms with E-state index in [0.29, 0.717) is 25.2 Å². The van der Waals surface area contributed by atoms with Crippen molar-refractivity contribution < 1.29 is 32.2 Å². The van der Waals surface area contributed by atoms with E-state index in [9.17, 15) is 22.7 Å². The van der Waals surface area contributed by atoms with Crippen molar-refractivity contribution >= 4 is 21.7 Å². The van der Waals surface area contributed by atoms with Gasteiger partial charge in [0.1, 0.15) is 11.1 Å². The van der Waals surface area contributed by atoms with Gasteiger partial charge in [0.25, 0.3) is 0 Å². The summed E-state index contributed by atoms with van der Waals surface area (Å²) in [4.78, 5) is 11.8. The van der Waals surface area contributed by atoms with E-state index in [1.54, 1.807) is 0 Å². The van der Waals surface area contributed by atoms with Gasteiger partial charge in [0, 0.05) is 6.42 Å². The first kappa shape index (κ1) is 22.7. The zero-order valence-electron chi connectivity index (χ0n) is 17.0. The van der Waals surface area contributed by atoms with Gasteiger partial charge in [-0.05, 0) is 49.1 Å². The average molecular weight is 442 g/mol. The number of hydrogen-bond acceptors (Lipinski definition) is 5. The number of sulfonamides is 1. The molecule has 1 aliphatic carbocycles. The Morgan fingerprint density at radius 3 is 2.67 bits per heavy atom. The number of ether oxygens (including phenoxy) is 2. The third kappa shape index (κ3) is 5.19. The Hall–Kier alpha value is -1.97. The molecule has 1 spiro atoms. The summed E-state index contributed by atoms with van der Waals surface area (Å²) < 4.78 is 53.5. The second kappa shape index (κ2) is 9.45. The van der Waals surface area contributed by atoms with Gasteiger partial charge in [0.05, 0.1) is 24.5 Å². The molecule has 1 aliphatic heterocycles. The van der Waals surface area contributed by atoms with Crippen LogP contribution in [-0.2, 0) is 30.7 Å². The van der Waals surface area contributed by atoms with Crippen molar-refractivity contribution in [3.8, 4) is 0 Å². The van der Waals surface area contributed by atoms with Crippen molar-refractivity contribution in [2.75, 3.05) is 17.9 Å². The molecule has 0 saturated carbocycles. The smallest absolute Gasteiger partial charge is 0.332 e. The Balaban J connectivity index is 1.83. The molecule has 9 heteroatoms. The van der Waals surface area contributed by atoms with Gasteiger partial charge in [0.15, 0.2) is 5.79 Å². The van der Waals surface area contributed by atoms with Gasteiger partial charge in [-0.1, -0.05) is 26.2 Å². The molecular weight excluding hydrogens is 413 g/mol. The maximum atomic E-state index is 13.8. The molecule has 30 heavy (non-hydrogen) atoms. The van der Waals surface area contributed by atoms with E-state index in [0.717, 1.165) is 25.7 Å². The normalized spacial score (nSPS) is 20.9. The Kier molecular flexibility index (Phi) is 7.15. The number of hydrogen-bond donors (Lipinski definition) is 2. The molecule has 0 bridgehead atoms. The summed E-state index contributed by atoms with van der Waals surface area (Å²) in [6.45, 7) is 2.75. The third-order valence-corrected chi connectivity index (χ3v) is 7.24. The molecule has 1 aromatic rings. The molecule has 1 unspecified atom stereocenters. The van der Waals surface area contributed by atoms with Crippen LogP contribution < -0.4 is 4.72 Å². The predicted octanol–water partition coefficient (Wildman–Crippen LogP) is 3.61. The van der Waals surface area contributed by atoms with Crippen LogP contribution in [0.1, 0.15) is 51.0 Å². The number of benzene rings is 1. The number of halogens is 1. The Morgan fingerprint density at radius 2 is 2.00 bits per heavy atom. The van der Waals surface area contributed by atoms with Crippen LogP contribution in [0.5, 0.6) is 0 Å². The van der Waals surface area contributed by atoms with Gasteiger partial charge in [-0.3, -0.25) is 4.72 Å². The molecule has 166 valence electrons.